The third kappa shape index (κ3) is 3.92. The number of carbonyl (C=O) groups excluding carboxylic acids is 1. The van der Waals surface area contributed by atoms with Crippen LogP contribution in [0.2, 0.25) is 0 Å². The van der Waals surface area contributed by atoms with Crippen molar-refractivity contribution in [2.75, 3.05) is 32.1 Å². The van der Waals surface area contributed by atoms with Gasteiger partial charge in [0, 0.05) is 31.9 Å². The van der Waals surface area contributed by atoms with Gasteiger partial charge in [0.05, 0.1) is 12.6 Å². The molecule has 4 nitrogen and oxygen atoms in total. The Morgan fingerprint density at radius 2 is 2.05 bits per heavy atom. The number of likely N-dealkylation sites (N-methyl/N-ethyl adjacent to an activating group) is 2. The molecule has 5 heteroatoms. The molecule has 106 valence electrons. The summed E-state index contributed by atoms with van der Waals surface area (Å²) >= 11 is 0. The zero-order valence-corrected chi connectivity index (χ0v) is 11.9. The lowest BCUT2D eigenvalue weighted by atomic mass is 10.1. The number of nitrogens with zero attached hydrogens (tertiary/aromatic N) is 2. The summed E-state index contributed by atoms with van der Waals surface area (Å²) in [6, 6.07) is 4.25. The highest BCUT2D eigenvalue weighted by Gasteiger charge is 2.17. The molecule has 0 bridgehead atoms. The molecule has 0 radical (unpaired) electrons. The Balaban J connectivity index is 3.07. The van der Waals surface area contributed by atoms with Crippen molar-refractivity contribution in [3.63, 3.8) is 0 Å². The number of amides is 1. The van der Waals surface area contributed by atoms with Gasteiger partial charge < -0.3 is 14.9 Å². The van der Waals surface area contributed by atoms with Gasteiger partial charge in [-0.05, 0) is 32.0 Å². The van der Waals surface area contributed by atoms with E-state index in [2.05, 4.69) is 0 Å². The standard InChI is InChI=1S/C14H21FN2O2/c1-5-17(9-14(19)16(3)4)13-7-6-11(15)8-12(13)10(2)18/h6-8,10,18H,5,9H2,1-4H3/t10-/m1/s1. The van der Waals surface area contributed by atoms with Crippen LogP contribution in [0.5, 0.6) is 0 Å². The van der Waals surface area contributed by atoms with E-state index in [0.29, 0.717) is 17.8 Å². The summed E-state index contributed by atoms with van der Waals surface area (Å²) in [7, 11) is 3.38. The van der Waals surface area contributed by atoms with Crippen LogP contribution in [0.3, 0.4) is 0 Å². The molecule has 0 heterocycles. The van der Waals surface area contributed by atoms with Crippen LogP contribution in [0, 0.1) is 5.82 Å². The zero-order valence-electron chi connectivity index (χ0n) is 11.9. The minimum absolute atomic E-state index is 0.0392. The van der Waals surface area contributed by atoms with Crippen molar-refractivity contribution in [2.45, 2.75) is 20.0 Å². The van der Waals surface area contributed by atoms with Gasteiger partial charge in [0.25, 0.3) is 0 Å². The molecular weight excluding hydrogens is 247 g/mol. The minimum Gasteiger partial charge on any atom is -0.389 e. The summed E-state index contributed by atoms with van der Waals surface area (Å²) in [6.07, 6.45) is -0.783. The Morgan fingerprint density at radius 1 is 1.42 bits per heavy atom. The van der Waals surface area contributed by atoms with Crippen LogP contribution in [0.25, 0.3) is 0 Å². The molecule has 0 saturated carbocycles. The summed E-state index contributed by atoms with van der Waals surface area (Å²) in [5.74, 6) is -0.433. The third-order valence-corrected chi connectivity index (χ3v) is 2.99. The van der Waals surface area contributed by atoms with Crippen molar-refractivity contribution in [1.82, 2.24) is 4.90 Å². The van der Waals surface area contributed by atoms with E-state index in [1.165, 1.54) is 17.0 Å². The molecular formula is C14H21FN2O2. The van der Waals surface area contributed by atoms with Crippen molar-refractivity contribution in [1.29, 1.82) is 0 Å². The van der Waals surface area contributed by atoms with Gasteiger partial charge in [0.2, 0.25) is 5.91 Å². The Bertz CT molecular complexity index is 447. The number of halogens is 1. The van der Waals surface area contributed by atoms with Crippen molar-refractivity contribution < 1.29 is 14.3 Å². The largest absolute Gasteiger partial charge is 0.389 e. The maximum atomic E-state index is 13.3. The predicted molar refractivity (Wildman–Crippen MR) is 73.6 cm³/mol. The van der Waals surface area contributed by atoms with Crippen molar-refractivity contribution in [3.05, 3.63) is 29.6 Å². The fraction of sp³-hybridized carbons (Fsp3) is 0.500. The highest BCUT2D eigenvalue weighted by atomic mass is 19.1. The summed E-state index contributed by atoms with van der Waals surface area (Å²) < 4.78 is 13.3. The van der Waals surface area contributed by atoms with E-state index in [1.807, 2.05) is 11.8 Å². The molecule has 19 heavy (non-hydrogen) atoms. The van der Waals surface area contributed by atoms with Crippen LogP contribution < -0.4 is 4.90 Å². The SMILES string of the molecule is CCN(CC(=O)N(C)C)c1ccc(F)cc1[C@@H](C)O. The molecule has 1 aromatic carbocycles. The molecule has 1 atom stereocenters. The second-order valence-electron chi connectivity index (χ2n) is 4.68. The van der Waals surface area contributed by atoms with Gasteiger partial charge in [-0.25, -0.2) is 4.39 Å². The lowest BCUT2D eigenvalue weighted by Gasteiger charge is -2.27. The Morgan fingerprint density at radius 3 is 2.53 bits per heavy atom. The zero-order chi connectivity index (χ0) is 14.6. The van der Waals surface area contributed by atoms with E-state index in [1.54, 1.807) is 27.1 Å². The molecule has 0 aliphatic carbocycles. The van der Waals surface area contributed by atoms with E-state index in [4.69, 9.17) is 0 Å². The van der Waals surface area contributed by atoms with Crippen LogP contribution >= 0.6 is 0 Å². The monoisotopic (exact) mass is 268 g/mol. The Hall–Kier alpha value is -1.62. The number of rotatable bonds is 5. The van der Waals surface area contributed by atoms with E-state index < -0.39 is 11.9 Å². The molecule has 0 saturated heterocycles. The first-order valence-electron chi connectivity index (χ1n) is 6.29. The lowest BCUT2D eigenvalue weighted by Crippen LogP contribution is -2.37. The number of anilines is 1. The minimum atomic E-state index is -0.783. The fourth-order valence-corrected chi connectivity index (χ4v) is 1.82. The lowest BCUT2D eigenvalue weighted by molar-refractivity contribution is -0.127. The van der Waals surface area contributed by atoms with E-state index in [0.717, 1.165) is 0 Å². The van der Waals surface area contributed by atoms with Gasteiger partial charge in [-0.2, -0.15) is 0 Å². The third-order valence-electron chi connectivity index (χ3n) is 2.99. The van der Waals surface area contributed by atoms with Crippen molar-refractivity contribution >= 4 is 11.6 Å². The molecule has 1 amide bonds. The molecule has 0 unspecified atom stereocenters. The second-order valence-corrected chi connectivity index (χ2v) is 4.68. The molecule has 0 aliphatic rings. The first-order valence-corrected chi connectivity index (χ1v) is 6.29. The predicted octanol–water partition coefficient (Wildman–Crippen LogP) is 1.79. The average molecular weight is 268 g/mol. The summed E-state index contributed by atoms with van der Waals surface area (Å²) in [4.78, 5) is 15.1. The number of aliphatic hydroxyl groups is 1. The van der Waals surface area contributed by atoms with Gasteiger partial charge in [-0.1, -0.05) is 0 Å². The summed E-state index contributed by atoms with van der Waals surface area (Å²) in [6.45, 7) is 4.30. The van der Waals surface area contributed by atoms with Crippen LogP contribution in [0.1, 0.15) is 25.5 Å². The van der Waals surface area contributed by atoms with Crippen LogP contribution in [-0.2, 0) is 4.79 Å². The second kappa shape index (κ2) is 6.52. The molecule has 0 spiro atoms. The number of carbonyl (C=O) groups is 1. The van der Waals surface area contributed by atoms with Crippen LogP contribution in [-0.4, -0.2) is 43.1 Å². The molecule has 1 rings (SSSR count). The highest BCUT2D eigenvalue weighted by Crippen LogP contribution is 2.27. The maximum absolute atomic E-state index is 13.3. The number of benzene rings is 1. The van der Waals surface area contributed by atoms with E-state index >= 15 is 0 Å². The van der Waals surface area contributed by atoms with Gasteiger partial charge in [0.15, 0.2) is 0 Å². The smallest absolute Gasteiger partial charge is 0.241 e. The van der Waals surface area contributed by atoms with Crippen molar-refractivity contribution in [2.24, 2.45) is 0 Å². The Kier molecular flexibility index (Phi) is 5.30. The topological polar surface area (TPSA) is 43.8 Å². The van der Waals surface area contributed by atoms with Gasteiger partial charge >= 0.3 is 0 Å². The normalized spacial score (nSPS) is 12.1. The molecule has 1 aromatic rings. The molecule has 1 N–H and O–H groups in total. The van der Waals surface area contributed by atoms with E-state index in [-0.39, 0.29) is 12.5 Å². The Labute approximate surface area is 113 Å². The first kappa shape index (κ1) is 15.4. The number of hydrogen-bond acceptors (Lipinski definition) is 3. The molecule has 0 fully saturated rings. The highest BCUT2D eigenvalue weighted by molar-refractivity contribution is 5.81. The van der Waals surface area contributed by atoms with Gasteiger partial charge in [0.1, 0.15) is 5.82 Å². The molecule has 0 aromatic heterocycles. The van der Waals surface area contributed by atoms with E-state index in [9.17, 15) is 14.3 Å². The summed E-state index contributed by atoms with van der Waals surface area (Å²) in [5, 5.41) is 9.73. The molecule has 0 aliphatic heterocycles. The van der Waals surface area contributed by atoms with Crippen LogP contribution in [0.4, 0.5) is 10.1 Å². The maximum Gasteiger partial charge on any atom is 0.241 e. The number of aliphatic hydroxyl groups excluding tert-OH is 1. The average Bonchev–Trinajstić information content (AvgIpc) is 2.35. The van der Waals surface area contributed by atoms with Crippen molar-refractivity contribution in [3.8, 4) is 0 Å². The number of hydrogen-bond donors (Lipinski definition) is 1. The van der Waals surface area contributed by atoms with Gasteiger partial charge in [-0.15, -0.1) is 0 Å². The van der Waals surface area contributed by atoms with Crippen LogP contribution in [0.15, 0.2) is 18.2 Å². The van der Waals surface area contributed by atoms with Gasteiger partial charge in [-0.3, -0.25) is 4.79 Å². The quantitative estimate of drug-likeness (QED) is 0.885. The summed E-state index contributed by atoms with van der Waals surface area (Å²) in [5.41, 5.74) is 1.18. The fourth-order valence-electron chi connectivity index (χ4n) is 1.82. The first-order chi connectivity index (χ1) is 8.86.